The highest BCUT2D eigenvalue weighted by molar-refractivity contribution is 5.87. The van der Waals surface area contributed by atoms with Crippen LogP contribution in [-0.2, 0) is 16.0 Å². The summed E-state index contributed by atoms with van der Waals surface area (Å²) in [4.78, 5) is 15.1. The Morgan fingerprint density at radius 3 is 2.53 bits per heavy atom. The molecule has 3 nitrogen and oxygen atoms in total. The van der Waals surface area contributed by atoms with Crippen molar-refractivity contribution in [3.63, 3.8) is 0 Å². The average Bonchev–Trinajstić information content (AvgIpc) is 3.18. The van der Waals surface area contributed by atoms with E-state index in [-0.39, 0.29) is 11.8 Å². The summed E-state index contributed by atoms with van der Waals surface area (Å²) in [5.74, 6) is -0.621. The second-order valence-electron chi connectivity index (χ2n) is 7.10. The molecule has 0 bridgehead atoms. The van der Waals surface area contributed by atoms with E-state index in [9.17, 15) is 9.18 Å². The van der Waals surface area contributed by atoms with Crippen molar-refractivity contribution in [2.45, 2.75) is 12.8 Å². The Morgan fingerprint density at radius 2 is 1.73 bits per heavy atom. The minimum Gasteiger partial charge on any atom is -0.463 e. The van der Waals surface area contributed by atoms with Gasteiger partial charge in [-0.05, 0) is 59.4 Å². The van der Waals surface area contributed by atoms with Gasteiger partial charge in [0.15, 0.2) is 0 Å². The molecule has 1 N–H and O–H groups in total. The zero-order chi connectivity index (χ0) is 20.8. The van der Waals surface area contributed by atoms with Gasteiger partial charge in [0.2, 0.25) is 0 Å². The number of benzene rings is 3. The molecule has 30 heavy (non-hydrogen) atoms. The van der Waals surface area contributed by atoms with Crippen LogP contribution in [0, 0.1) is 5.82 Å². The normalized spacial score (nSPS) is 11.2. The average molecular weight is 399 g/mol. The Labute approximate surface area is 174 Å². The van der Waals surface area contributed by atoms with E-state index in [0.717, 1.165) is 33.2 Å². The number of rotatable bonds is 7. The van der Waals surface area contributed by atoms with Gasteiger partial charge >= 0.3 is 5.97 Å². The van der Waals surface area contributed by atoms with E-state index in [0.29, 0.717) is 19.4 Å². The van der Waals surface area contributed by atoms with Gasteiger partial charge in [-0.15, -0.1) is 0 Å². The summed E-state index contributed by atoms with van der Waals surface area (Å²) in [6.45, 7) is 0.318. The van der Waals surface area contributed by atoms with Gasteiger partial charge < -0.3 is 9.72 Å². The summed E-state index contributed by atoms with van der Waals surface area (Å²) in [7, 11) is 0. The fraction of sp³-hybridized carbons (Fsp3) is 0.115. The van der Waals surface area contributed by atoms with Gasteiger partial charge in [0.25, 0.3) is 0 Å². The molecular formula is C26H22FNO2. The number of ether oxygens (including phenoxy) is 1. The van der Waals surface area contributed by atoms with Crippen LogP contribution >= 0.6 is 0 Å². The van der Waals surface area contributed by atoms with Crippen LogP contribution in [0.25, 0.3) is 28.1 Å². The molecule has 0 atom stereocenters. The number of esters is 1. The fourth-order valence-electron chi connectivity index (χ4n) is 3.42. The first-order valence-electron chi connectivity index (χ1n) is 9.95. The molecule has 4 aromatic rings. The molecular weight excluding hydrogens is 377 g/mol. The van der Waals surface area contributed by atoms with Gasteiger partial charge in [-0.25, -0.2) is 9.18 Å². The molecule has 4 rings (SSSR count). The lowest BCUT2D eigenvalue weighted by molar-refractivity contribution is -0.137. The second-order valence-corrected chi connectivity index (χ2v) is 7.10. The van der Waals surface area contributed by atoms with Gasteiger partial charge in [-0.3, -0.25) is 0 Å². The summed E-state index contributed by atoms with van der Waals surface area (Å²) >= 11 is 0. The molecule has 0 aliphatic rings. The van der Waals surface area contributed by atoms with Crippen LogP contribution in [-0.4, -0.2) is 17.6 Å². The Kier molecular flexibility index (Phi) is 6.04. The summed E-state index contributed by atoms with van der Waals surface area (Å²) < 4.78 is 18.7. The van der Waals surface area contributed by atoms with E-state index in [4.69, 9.17) is 4.74 Å². The maximum absolute atomic E-state index is 13.4. The Hall–Kier alpha value is -3.66. The molecule has 0 saturated carbocycles. The van der Waals surface area contributed by atoms with E-state index in [1.807, 2.05) is 48.7 Å². The number of hydrogen-bond donors (Lipinski definition) is 1. The maximum atomic E-state index is 13.4. The summed E-state index contributed by atoms with van der Waals surface area (Å²) in [6.07, 6.45) is 6.46. The van der Waals surface area contributed by atoms with Crippen molar-refractivity contribution in [2.75, 3.05) is 6.61 Å². The summed E-state index contributed by atoms with van der Waals surface area (Å²) in [5.41, 5.74) is 5.16. The Morgan fingerprint density at radius 1 is 0.967 bits per heavy atom. The lowest BCUT2D eigenvalue weighted by Crippen LogP contribution is -2.03. The molecule has 0 radical (unpaired) electrons. The van der Waals surface area contributed by atoms with Crippen LogP contribution in [0.1, 0.15) is 17.5 Å². The van der Waals surface area contributed by atoms with Gasteiger partial charge in [0.1, 0.15) is 5.82 Å². The molecule has 0 aliphatic carbocycles. The van der Waals surface area contributed by atoms with Crippen molar-refractivity contribution in [1.29, 1.82) is 0 Å². The highest BCUT2D eigenvalue weighted by Gasteiger charge is 2.05. The van der Waals surface area contributed by atoms with Crippen molar-refractivity contribution >= 4 is 22.9 Å². The van der Waals surface area contributed by atoms with Gasteiger partial charge in [-0.1, -0.05) is 54.6 Å². The predicted molar refractivity (Wildman–Crippen MR) is 118 cm³/mol. The van der Waals surface area contributed by atoms with Crippen LogP contribution in [0.2, 0.25) is 0 Å². The van der Waals surface area contributed by atoms with E-state index in [2.05, 4.69) is 17.1 Å². The first-order chi connectivity index (χ1) is 14.7. The van der Waals surface area contributed by atoms with Crippen LogP contribution in [0.5, 0.6) is 0 Å². The molecule has 0 fully saturated rings. The molecule has 0 amide bonds. The monoisotopic (exact) mass is 399 g/mol. The van der Waals surface area contributed by atoms with E-state index in [1.165, 1.54) is 18.2 Å². The molecule has 1 heterocycles. The first-order valence-corrected chi connectivity index (χ1v) is 9.95. The number of H-pyrrole nitrogens is 1. The van der Waals surface area contributed by atoms with Crippen molar-refractivity contribution < 1.29 is 13.9 Å². The zero-order valence-corrected chi connectivity index (χ0v) is 16.5. The first kappa shape index (κ1) is 19.6. The molecule has 4 heteroatoms. The molecule has 3 aromatic carbocycles. The highest BCUT2D eigenvalue weighted by atomic mass is 19.1. The number of fused-ring (bicyclic) bond motifs is 1. The van der Waals surface area contributed by atoms with E-state index in [1.54, 1.807) is 12.1 Å². The third kappa shape index (κ3) is 4.84. The largest absolute Gasteiger partial charge is 0.463 e. The lowest BCUT2D eigenvalue weighted by Gasteiger charge is -2.03. The van der Waals surface area contributed by atoms with Crippen molar-refractivity contribution in [3.8, 4) is 11.1 Å². The molecule has 0 unspecified atom stereocenters. The minimum atomic E-state index is -0.368. The van der Waals surface area contributed by atoms with Crippen molar-refractivity contribution in [1.82, 2.24) is 4.98 Å². The van der Waals surface area contributed by atoms with Crippen LogP contribution in [0.3, 0.4) is 0 Å². The number of nitrogens with one attached hydrogen (secondary N) is 1. The summed E-state index contributed by atoms with van der Waals surface area (Å²) in [5, 5.41) is 0.875. The van der Waals surface area contributed by atoms with E-state index < -0.39 is 0 Å². The topological polar surface area (TPSA) is 42.1 Å². The number of carbonyl (C=O) groups is 1. The summed E-state index contributed by atoms with van der Waals surface area (Å²) in [6, 6.07) is 22.8. The Balaban J connectivity index is 1.25. The third-order valence-electron chi connectivity index (χ3n) is 4.99. The third-order valence-corrected chi connectivity index (χ3v) is 4.99. The van der Waals surface area contributed by atoms with Gasteiger partial charge in [0, 0.05) is 23.2 Å². The SMILES string of the molecule is O=C(/C=C/c1ccc(-c2ccccc2)cc1)OCCCc1c[nH]c2ccc(F)cc12. The minimum absolute atomic E-state index is 0.253. The molecule has 150 valence electrons. The number of aromatic amines is 1. The van der Waals surface area contributed by atoms with Gasteiger partial charge in [0.05, 0.1) is 6.61 Å². The smallest absolute Gasteiger partial charge is 0.330 e. The maximum Gasteiger partial charge on any atom is 0.330 e. The standard InChI is InChI=1S/C26H22FNO2/c27-23-13-14-25-24(17-23)22(18-28-25)7-4-16-30-26(29)15-10-19-8-11-21(12-9-19)20-5-2-1-3-6-20/h1-3,5-6,8-15,17-18,28H,4,7,16H2/b15-10+. The lowest BCUT2D eigenvalue weighted by atomic mass is 10.0. The van der Waals surface area contributed by atoms with Crippen LogP contribution in [0.15, 0.2) is 85.1 Å². The number of aromatic nitrogens is 1. The number of carbonyl (C=O) groups excluding carboxylic acids is 1. The quantitative estimate of drug-likeness (QED) is 0.230. The highest BCUT2D eigenvalue weighted by Crippen LogP contribution is 2.21. The van der Waals surface area contributed by atoms with Gasteiger partial charge in [-0.2, -0.15) is 0 Å². The zero-order valence-electron chi connectivity index (χ0n) is 16.5. The predicted octanol–water partition coefficient (Wildman–Crippen LogP) is 6.16. The fourth-order valence-corrected chi connectivity index (χ4v) is 3.42. The van der Waals surface area contributed by atoms with Crippen LogP contribution < -0.4 is 0 Å². The number of aryl methyl sites for hydroxylation is 1. The van der Waals surface area contributed by atoms with Crippen LogP contribution in [0.4, 0.5) is 4.39 Å². The number of halogens is 1. The van der Waals surface area contributed by atoms with Crippen molar-refractivity contribution in [3.05, 3.63) is 102 Å². The Bertz CT molecular complexity index is 1160. The van der Waals surface area contributed by atoms with Crippen molar-refractivity contribution in [2.24, 2.45) is 0 Å². The molecule has 0 saturated heterocycles. The molecule has 0 aliphatic heterocycles. The second kappa shape index (κ2) is 9.23. The van der Waals surface area contributed by atoms with E-state index >= 15 is 0 Å². The number of hydrogen-bond acceptors (Lipinski definition) is 2. The molecule has 1 aromatic heterocycles. The molecule has 0 spiro atoms.